The summed E-state index contributed by atoms with van der Waals surface area (Å²) in [6, 6.07) is 11.5. The molecule has 0 aliphatic heterocycles. The van der Waals surface area contributed by atoms with Gasteiger partial charge in [0.25, 0.3) is 0 Å². The van der Waals surface area contributed by atoms with Gasteiger partial charge in [0.2, 0.25) is 0 Å². The van der Waals surface area contributed by atoms with Crippen molar-refractivity contribution in [3.63, 3.8) is 0 Å². The van der Waals surface area contributed by atoms with Gasteiger partial charge in [-0.3, -0.25) is 9.97 Å². The second-order valence-electron chi connectivity index (χ2n) is 5.51. The summed E-state index contributed by atoms with van der Waals surface area (Å²) in [5.74, 6) is 0. The quantitative estimate of drug-likeness (QED) is 0.484. The largest absolute Gasteiger partial charge is 0.396 e. The maximum Gasteiger partial charge on any atom is 0.117 e. The average Bonchev–Trinajstić information content (AvgIpc) is 2.54. The van der Waals surface area contributed by atoms with E-state index in [-0.39, 0.29) is 0 Å². The van der Waals surface area contributed by atoms with Crippen LogP contribution in [0.2, 0.25) is 0 Å². The summed E-state index contributed by atoms with van der Waals surface area (Å²) in [6.07, 6.45) is 1.06. The Balaban J connectivity index is 1.79. The molecule has 122 valence electrons. The molecule has 5 heteroatoms. The van der Waals surface area contributed by atoms with E-state index < -0.39 is 6.10 Å². The molecule has 0 aromatic carbocycles. The van der Waals surface area contributed by atoms with E-state index in [2.05, 4.69) is 15.1 Å². The van der Waals surface area contributed by atoms with Crippen molar-refractivity contribution in [2.24, 2.45) is 5.16 Å². The first-order valence-electron chi connectivity index (χ1n) is 7.81. The van der Waals surface area contributed by atoms with Crippen LogP contribution in [-0.4, -0.2) is 27.4 Å². The molecule has 0 amide bonds. The predicted molar refractivity (Wildman–Crippen MR) is 90.3 cm³/mol. The van der Waals surface area contributed by atoms with Gasteiger partial charge in [0, 0.05) is 11.4 Å². The first kappa shape index (κ1) is 17.1. The lowest BCUT2D eigenvalue weighted by atomic mass is 10.2. The van der Waals surface area contributed by atoms with Gasteiger partial charge < -0.3 is 9.94 Å². The Kier molecular flexibility index (Phi) is 6.23. The van der Waals surface area contributed by atoms with Crippen LogP contribution in [-0.2, 0) is 11.3 Å². The number of rotatable bonds is 7. The lowest BCUT2D eigenvalue weighted by Gasteiger charge is -2.06. The van der Waals surface area contributed by atoms with Gasteiger partial charge in [0.1, 0.15) is 12.3 Å². The molecule has 0 saturated heterocycles. The highest BCUT2D eigenvalue weighted by molar-refractivity contribution is 5.96. The van der Waals surface area contributed by atoms with Crippen LogP contribution in [0.4, 0.5) is 0 Å². The van der Waals surface area contributed by atoms with E-state index >= 15 is 0 Å². The molecule has 0 aliphatic rings. The van der Waals surface area contributed by atoms with Gasteiger partial charge >= 0.3 is 0 Å². The maximum absolute atomic E-state index is 9.54. The molecule has 23 heavy (non-hydrogen) atoms. The minimum Gasteiger partial charge on any atom is -0.396 e. The van der Waals surface area contributed by atoms with Crippen molar-refractivity contribution in [3.05, 3.63) is 59.2 Å². The number of aliphatic hydroxyl groups excluding tert-OH is 1. The fraction of sp³-hybridized carbons (Fsp3) is 0.389. The number of pyridine rings is 2. The number of hydrogen-bond donors (Lipinski definition) is 1. The van der Waals surface area contributed by atoms with Crippen molar-refractivity contribution in [3.8, 4) is 0 Å². The number of aryl methyl sites for hydroxylation is 2. The van der Waals surface area contributed by atoms with E-state index in [0.29, 0.717) is 12.3 Å². The van der Waals surface area contributed by atoms with Crippen LogP contribution in [0, 0.1) is 6.92 Å². The average molecular weight is 313 g/mol. The second-order valence-corrected chi connectivity index (χ2v) is 5.51. The summed E-state index contributed by atoms with van der Waals surface area (Å²) in [4.78, 5) is 14.2. The van der Waals surface area contributed by atoms with Gasteiger partial charge in [-0.1, -0.05) is 17.3 Å². The molecule has 0 radical (unpaired) electrons. The first-order valence-corrected chi connectivity index (χ1v) is 7.81. The summed E-state index contributed by atoms with van der Waals surface area (Å²) in [5.41, 5.74) is 4.20. The lowest BCUT2D eigenvalue weighted by molar-refractivity contribution is 0.141. The maximum atomic E-state index is 9.54. The number of oxime groups is 1. The smallest absolute Gasteiger partial charge is 0.117 e. The first-order chi connectivity index (χ1) is 11.1. The van der Waals surface area contributed by atoms with Gasteiger partial charge in [-0.25, -0.2) is 0 Å². The molecule has 1 atom stereocenters. The van der Waals surface area contributed by atoms with Gasteiger partial charge in [0.15, 0.2) is 0 Å². The molecular formula is C18H23N3O2. The van der Waals surface area contributed by atoms with Gasteiger partial charge in [0.05, 0.1) is 17.5 Å². The molecule has 2 rings (SSSR count). The number of hydrogen-bond acceptors (Lipinski definition) is 5. The molecular weight excluding hydrogens is 290 g/mol. The Bertz CT molecular complexity index is 669. The lowest BCUT2D eigenvalue weighted by Crippen LogP contribution is -2.03. The van der Waals surface area contributed by atoms with Crippen molar-refractivity contribution >= 4 is 5.71 Å². The summed E-state index contributed by atoms with van der Waals surface area (Å²) in [7, 11) is 0. The van der Waals surface area contributed by atoms with E-state index in [1.165, 1.54) is 0 Å². The highest BCUT2D eigenvalue weighted by Crippen LogP contribution is 2.10. The molecule has 0 aliphatic carbocycles. The summed E-state index contributed by atoms with van der Waals surface area (Å²) in [5, 5.41) is 13.6. The molecule has 2 aromatic rings. The van der Waals surface area contributed by atoms with Crippen molar-refractivity contribution in [1.82, 2.24) is 9.97 Å². The molecule has 1 N–H and O–H groups in total. The monoisotopic (exact) mass is 313 g/mol. The Labute approximate surface area is 137 Å². The van der Waals surface area contributed by atoms with Crippen LogP contribution >= 0.6 is 0 Å². The van der Waals surface area contributed by atoms with Crippen LogP contribution in [0.1, 0.15) is 49.1 Å². The van der Waals surface area contributed by atoms with E-state index in [9.17, 15) is 5.11 Å². The Morgan fingerprint density at radius 3 is 2.74 bits per heavy atom. The van der Waals surface area contributed by atoms with Gasteiger partial charge in [-0.15, -0.1) is 0 Å². The normalized spacial score (nSPS) is 13.0. The molecule has 1 unspecified atom stereocenters. The van der Waals surface area contributed by atoms with Crippen molar-refractivity contribution in [2.75, 3.05) is 6.61 Å². The van der Waals surface area contributed by atoms with Crippen LogP contribution < -0.4 is 0 Å². The zero-order valence-electron chi connectivity index (χ0n) is 13.9. The fourth-order valence-corrected chi connectivity index (χ4v) is 2.12. The van der Waals surface area contributed by atoms with E-state index in [1.807, 2.05) is 50.2 Å². The van der Waals surface area contributed by atoms with E-state index in [1.54, 1.807) is 6.92 Å². The van der Waals surface area contributed by atoms with E-state index in [4.69, 9.17) is 4.84 Å². The Morgan fingerprint density at radius 1 is 1.22 bits per heavy atom. The predicted octanol–water partition coefficient (Wildman–Crippen LogP) is 3.21. The van der Waals surface area contributed by atoms with Crippen molar-refractivity contribution in [1.29, 1.82) is 0 Å². The Morgan fingerprint density at radius 2 is 2.00 bits per heavy atom. The molecule has 0 spiro atoms. The third-order valence-corrected chi connectivity index (χ3v) is 3.39. The SMILES string of the molecule is CC(=NOCCCc1cccc(C(C)O)n1)c1cccc(C)n1. The Hall–Kier alpha value is -2.27. The second kappa shape index (κ2) is 8.39. The van der Waals surface area contributed by atoms with Crippen molar-refractivity contribution in [2.45, 2.75) is 39.7 Å². The highest BCUT2D eigenvalue weighted by Gasteiger charge is 2.04. The summed E-state index contributed by atoms with van der Waals surface area (Å²) >= 11 is 0. The van der Waals surface area contributed by atoms with Crippen LogP contribution in [0.3, 0.4) is 0 Å². The van der Waals surface area contributed by atoms with Gasteiger partial charge in [-0.2, -0.15) is 0 Å². The fourth-order valence-electron chi connectivity index (χ4n) is 2.12. The molecule has 5 nitrogen and oxygen atoms in total. The minimum absolute atomic E-state index is 0.518. The van der Waals surface area contributed by atoms with Crippen molar-refractivity contribution < 1.29 is 9.94 Å². The third-order valence-electron chi connectivity index (χ3n) is 3.39. The molecule has 2 aromatic heterocycles. The van der Waals surface area contributed by atoms with Crippen LogP contribution in [0.25, 0.3) is 0 Å². The number of aromatic nitrogens is 2. The standard InChI is InChI=1S/C18H23N3O2/c1-13-7-4-10-17(19-13)14(2)21-23-12-6-9-16-8-5-11-18(20-16)15(3)22/h4-5,7-8,10-11,15,22H,6,9,12H2,1-3H3. The molecule has 2 heterocycles. The van der Waals surface area contributed by atoms with Crippen LogP contribution in [0.15, 0.2) is 41.6 Å². The molecule has 0 saturated carbocycles. The summed E-state index contributed by atoms with van der Waals surface area (Å²) < 4.78 is 0. The van der Waals surface area contributed by atoms with Gasteiger partial charge in [-0.05, 0) is 57.9 Å². The minimum atomic E-state index is -0.541. The zero-order valence-corrected chi connectivity index (χ0v) is 13.9. The number of aliphatic hydroxyl groups is 1. The number of nitrogens with zero attached hydrogens (tertiary/aromatic N) is 3. The zero-order chi connectivity index (χ0) is 16.7. The molecule has 0 bridgehead atoms. The van der Waals surface area contributed by atoms with Crippen LogP contribution in [0.5, 0.6) is 0 Å². The molecule has 0 fully saturated rings. The third kappa shape index (κ3) is 5.45. The van der Waals surface area contributed by atoms with E-state index in [0.717, 1.165) is 35.6 Å². The highest BCUT2D eigenvalue weighted by atomic mass is 16.6. The topological polar surface area (TPSA) is 67.6 Å². The summed E-state index contributed by atoms with van der Waals surface area (Å²) in [6.45, 7) is 6.07.